The lowest BCUT2D eigenvalue weighted by Crippen LogP contribution is -2.18. The van der Waals surface area contributed by atoms with E-state index in [4.69, 9.17) is 12.2 Å². The van der Waals surface area contributed by atoms with E-state index in [2.05, 4.69) is 28.1 Å². The average Bonchev–Trinajstić information content (AvgIpc) is 2.17. The lowest BCUT2D eigenvalue weighted by atomic mass is 10.1. The van der Waals surface area contributed by atoms with Crippen molar-refractivity contribution in [3.05, 3.63) is 12.3 Å². The zero-order chi connectivity index (χ0) is 10.4. The minimum atomic E-state index is 0.245. The molecule has 1 aromatic rings. The molecule has 0 aliphatic heterocycles. The van der Waals surface area contributed by atoms with Crippen LogP contribution in [0.1, 0.15) is 19.8 Å². The van der Waals surface area contributed by atoms with Crippen molar-refractivity contribution in [2.45, 2.75) is 25.8 Å². The first-order valence-corrected chi connectivity index (χ1v) is 4.54. The maximum absolute atomic E-state index is 5.45. The van der Waals surface area contributed by atoms with Gasteiger partial charge in [0.25, 0.3) is 0 Å². The van der Waals surface area contributed by atoms with Crippen LogP contribution in [-0.2, 0) is 0 Å². The Kier molecular flexibility index (Phi) is 3.74. The van der Waals surface area contributed by atoms with E-state index in [1.807, 2.05) is 0 Å². The lowest BCUT2D eigenvalue weighted by molar-refractivity contribution is 0.711. The third-order valence-electron chi connectivity index (χ3n) is 1.88. The predicted molar refractivity (Wildman–Crippen MR) is 57.6 cm³/mol. The van der Waals surface area contributed by atoms with Crippen molar-refractivity contribution in [1.29, 1.82) is 0 Å². The largest absolute Gasteiger partial charge is 0.368 e. The molecule has 0 bridgehead atoms. The number of aromatic nitrogens is 2. The van der Waals surface area contributed by atoms with E-state index in [-0.39, 0.29) is 12.0 Å². The van der Waals surface area contributed by atoms with Crippen LogP contribution in [-0.4, -0.2) is 16.0 Å². The van der Waals surface area contributed by atoms with E-state index in [1.165, 1.54) is 0 Å². The Labute approximate surface area is 83.9 Å². The third-order valence-corrected chi connectivity index (χ3v) is 1.88. The second-order valence-electron chi connectivity index (χ2n) is 2.96. The summed E-state index contributed by atoms with van der Waals surface area (Å²) in [5, 5.41) is 3.20. The van der Waals surface area contributed by atoms with Gasteiger partial charge in [-0.2, -0.15) is 4.98 Å². The van der Waals surface area contributed by atoms with E-state index < -0.39 is 0 Å². The van der Waals surface area contributed by atoms with Gasteiger partial charge in [0.15, 0.2) is 0 Å². The minimum Gasteiger partial charge on any atom is -0.368 e. The van der Waals surface area contributed by atoms with Gasteiger partial charge in [-0.1, -0.05) is 6.92 Å². The zero-order valence-corrected chi connectivity index (χ0v) is 8.20. The molecule has 0 saturated carbocycles. The molecule has 4 nitrogen and oxygen atoms in total. The van der Waals surface area contributed by atoms with Crippen molar-refractivity contribution in [1.82, 2.24) is 9.97 Å². The highest BCUT2D eigenvalue weighted by Gasteiger charge is 2.04. The third kappa shape index (κ3) is 2.94. The van der Waals surface area contributed by atoms with Crippen molar-refractivity contribution in [3.8, 4) is 12.3 Å². The molecule has 4 heteroatoms. The summed E-state index contributed by atoms with van der Waals surface area (Å²) in [5.41, 5.74) is 5.45. The molecule has 0 fully saturated rings. The fourth-order valence-electron chi connectivity index (χ4n) is 1.10. The van der Waals surface area contributed by atoms with Gasteiger partial charge in [-0.15, -0.1) is 12.3 Å². The molecular weight excluding hydrogens is 176 g/mol. The average molecular weight is 190 g/mol. The predicted octanol–water partition coefficient (Wildman–Crippen LogP) is 1.27. The van der Waals surface area contributed by atoms with Crippen molar-refractivity contribution >= 4 is 11.8 Å². The topological polar surface area (TPSA) is 63.8 Å². The highest BCUT2D eigenvalue weighted by Crippen LogP contribution is 2.08. The Balaban J connectivity index is 2.63. The smallest absolute Gasteiger partial charge is 0.221 e. The molecule has 0 aliphatic rings. The molecule has 0 aromatic carbocycles. The number of terminal acetylenes is 1. The van der Waals surface area contributed by atoms with Gasteiger partial charge < -0.3 is 11.1 Å². The fourth-order valence-corrected chi connectivity index (χ4v) is 1.10. The van der Waals surface area contributed by atoms with Gasteiger partial charge in [0.1, 0.15) is 5.82 Å². The Morgan fingerprint density at radius 2 is 2.50 bits per heavy atom. The number of nitrogens with one attached hydrogen (secondary N) is 1. The Bertz CT molecular complexity index is 329. The summed E-state index contributed by atoms with van der Waals surface area (Å²) >= 11 is 0. The molecule has 0 spiro atoms. The van der Waals surface area contributed by atoms with Crippen LogP contribution in [0, 0.1) is 12.3 Å². The molecule has 14 heavy (non-hydrogen) atoms. The van der Waals surface area contributed by atoms with Gasteiger partial charge in [-0.05, 0) is 12.5 Å². The second-order valence-corrected chi connectivity index (χ2v) is 2.96. The van der Waals surface area contributed by atoms with Crippen LogP contribution in [0.15, 0.2) is 12.3 Å². The number of hydrogen-bond donors (Lipinski definition) is 2. The number of nitrogens with zero attached hydrogens (tertiary/aromatic N) is 2. The van der Waals surface area contributed by atoms with E-state index >= 15 is 0 Å². The van der Waals surface area contributed by atoms with Gasteiger partial charge in [0.2, 0.25) is 5.95 Å². The van der Waals surface area contributed by atoms with Crippen LogP contribution in [0.2, 0.25) is 0 Å². The fraction of sp³-hybridized carbons (Fsp3) is 0.400. The summed E-state index contributed by atoms with van der Waals surface area (Å²) in [6, 6.07) is 2.02. The number of nitrogens with two attached hydrogens (primary N) is 1. The SMILES string of the molecule is C#CCC(CC)Nc1ccnc(N)n1. The maximum atomic E-state index is 5.45. The van der Waals surface area contributed by atoms with E-state index in [1.54, 1.807) is 12.3 Å². The van der Waals surface area contributed by atoms with Crippen LogP contribution < -0.4 is 11.1 Å². The lowest BCUT2D eigenvalue weighted by Gasteiger charge is -2.14. The monoisotopic (exact) mass is 190 g/mol. The van der Waals surface area contributed by atoms with Crippen LogP contribution in [0.25, 0.3) is 0 Å². The van der Waals surface area contributed by atoms with E-state index in [9.17, 15) is 0 Å². The molecule has 0 amide bonds. The summed E-state index contributed by atoms with van der Waals surface area (Å²) in [6.45, 7) is 2.07. The molecule has 1 unspecified atom stereocenters. The summed E-state index contributed by atoms with van der Waals surface area (Å²) in [6.07, 6.45) is 8.49. The Morgan fingerprint density at radius 3 is 3.07 bits per heavy atom. The minimum absolute atomic E-state index is 0.245. The molecule has 3 N–H and O–H groups in total. The van der Waals surface area contributed by atoms with Gasteiger partial charge >= 0.3 is 0 Å². The molecule has 0 aliphatic carbocycles. The van der Waals surface area contributed by atoms with Gasteiger partial charge in [0.05, 0.1) is 0 Å². The first-order valence-electron chi connectivity index (χ1n) is 4.54. The van der Waals surface area contributed by atoms with Crippen molar-refractivity contribution in [2.24, 2.45) is 0 Å². The molecule has 1 atom stereocenters. The van der Waals surface area contributed by atoms with Crippen molar-refractivity contribution in [3.63, 3.8) is 0 Å². The Morgan fingerprint density at radius 1 is 1.71 bits per heavy atom. The van der Waals surface area contributed by atoms with E-state index in [0.717, 1.165) is 12.2 Å². The highest BCUT2D eigenvalue weighted by molar-refractivity contribution is 5.38. The summed E-state index contributed by atoms with van der Waals surface area (Å²) in [7, 11) is 0. The molecule has 1 rings (SSSR count). The summed E-state index contributed by atoms with van der Waals surface area (Å²) in [5.74, 6) is 3.61. The maximum Gasteiger partial charge on any atom is 0.221 e. The number of nitrogen functional groups attached to an aromatic ring is 1. The van der Waals surface area contributed by atoms with Gasteiger partial charge in [-0.3, -0.25) is 0 Å². The Hall–Kier alpha value is -1.76. The summed E-state index contributed by atoms with van der Waals surface area (Å²) < 4.78 is 0. The van der Waals surface area contributed by atoms with E-state index in [0.29, 0.717) is 6.42 Å². The number of rotatable bonds is 4. The van der Waals surface area contributed by atoms with Crippen molar-refractivity contribution < 1.29 is 0 Å². The first kappa shape index (κ1) is 10.3. The van der Waals surface area contributed by atoms with Crippen LogP contribution in [0.4, 0.5) is 11.8 Å². The number of hydrogen-bond acceptors (Lipinski definition) is 4. The van der Waals surface area contributed by atoms with Gasteiger partial charge in [-0.25, -0.2) is 4.98 Å². The van der Waals surface area contributed by atoms with Crippen LogP contribution in [0.3, 0.4) is 0 Å². The molecular formula is C10H14N4. The molecule has 0 saturated heterocycles. The molecule has 1 heterocycles. The van der Waals surface area contributed by atoms with Crippen LogP contribution in [0.5, 0.6) is 0 Å². The quantitative estimate of drug-likeness (QED) is 0.702. The van der Waals surface area contributed by atoms with Crippen LogP contribution >= 0.6 is 0 Å². The second kappa shape index (κ2) is 5.07. The molecule has 0 radical (unpaired) electrons. The summed E-state index contributed by atoms with van der Waals surface area (Å²) in [4.78, 5) is 7.84. The first-order chi connectivity index (χ1) is 6.76. The number of anilines is 2. The zero-order valence-electron chi connectivity index (χ0n) is 8.20. The standard InChI is InChI=1S/C10H14N4/c1-3-5-8(4-2)13-9-6-7-12-10(11)14-9/h1,6-8H,4-5H2,2H3,(H3,11,12,13,14). The highest BCUT2D eigenvalue weighted by atomic mass is 15.1. The van der Waals surface area contributed by atoms with Gasteiger partial charge in [0, 0.05) is 18.7 Å². The molecule has 1 aromatic heterocycles. The van der Waals surface area contributed by atoms with Crippen molar-refractivity contribution in [2.75, 3.05) is 11.1 Å². The molecule has 74 valence electrons. The normalized spacial score (nSPS) is 11.7.